The summed E-state index contributed by atoms with van der Waals surface area (Å²) in [7, 11) is 0. The molecule has 3 aromatic carbocycles. The molecule has 4 atom stereocenters. The number of amides is 1. The maximum atomic E-state index is 14.9. The first-order valence-electron chi connectivity index (χ1n) is 20.6. The van der Waals surface area contributed by atoms with Crippen molar-refractivity contribution in [3.63, 3.8) is 0 Å². The van der Waals surface area contributed by atoms with E-state index in [1.807, 2.05) is 45.9 Å². The third-order valence-corrected chi connectivity index (χ3v) is 11.7. The van der Waals surface area contributed by atoms with Gasteiger partial charge in [-0.2, -0.15) is 0 Å². The Kier molecular flexibility index (Phi) is 15.3. The van der Waals surface area contributed by atoms with Gasteiger partial charge in [0.15, 0.2) is 0 Å². The molecular formula is C47H64N2O5. The number of ether oxygens (including phenoxy) is 2. The number of aryl methyl sites for hydroxylation is 1. The van der Waals surface area contributed by atoms with Crippen molar-refractivity contribution in [2.24, 2.45) is 23.2 Å². The van der Waals surface area contributed by atoms with E-state index in [0.29, 0.717) is 19.6 Å². The van der Waals surface area contributed by atoms with E-state index in [-0.39, 0.29) is 48.1 Å². The first kappa shape index (κ1) is 41.2. The van der Waals surface area contributed by atoms with E-state index in [1.165, 1.54) is 16.7 Å². The normalized spacial score (nSPS) is 20.3. The predicted molar refractivity (Wildman–Crippen MR) is 216 cm³/mol. The van der Waals surface area contributed by atoms with Crippen molar-refractivity contribution < 1.29 is 23.9 Å². The first-order valence-corrected chi connectivity index (χ1v) is 20.6. The van der Waals surface area contributed by atoms with Crippen molar-refractivity contribution in [1.82, 2.24) is 10.2 Å². The molecule has 0 aliphatic heterocycles. The fraction of sp³-hybridized carbons (Fsp3) is 0.553. The van der Waals surface area contributed by atoms with E-state index in [9.17, 15) is 14.4 Å². The zero-order valence-electron chi connectivity index (χ0n) is 33.3. The lowest BCUT2D eigenvalue weighted by Crippen LogP contribution is -2.53. The molecule has 7 nitrogen and oxygen atoms in total. The Balaban J connectivity index is 1.37. The van der Waals surface area contributed by atoms with Crippen LogP contribution in [0.5, 0.6) is 0 Å². The van der Waals surface area contributed by atoms with Crippen LogP contribution in [0.15, 0.2) is 91.0 Å². The molecule has 0 radical (unpaired) electrons. The second-order valence-corrected chi connectivity index (χ2v) is 16.7. The molecule has 2 aliphatic rings. The fourth-order valence-corrected chi connectivity index (χ4v) is 8.92. The zero-order chi connectivity index (χ0) is 38.4. The summed E-state index contributed by atoms with van der Waals surface area (Å²) in [4.78, 5) is 44.2. The highest BCUT2D eigenvalue weighted by Gasteiger charge is 2.50. The van der Waals surface area contributed by atoms with E-state index in [0.717, 1.165) is 77.3 Å². The van der Waals surface area contributed by atoms with Crippen LogP contribution in [0.25, 0.3) is 0 Å². The molecule has 2 aliphatic carbocycles. The van der Waals surface area contributed by atoms with Crippen molar-refractivity contribution in [2.75, 3.05) is 26.2 Å². The Morgan fingerprint density at radius 1 is 0.796 bits per heavy atom. The van der Waals surface area contributed by atoms with Gasteiger partial charge in [-0.05, 0) is 114 Å². The van der Waals surface area contributed by atoms with Gasteiger partial charge in [0.25, 0.3) is 0 Å². The molecule has 0 bridgehead atoms. The summed E-state index contributed by atoms with van der Waals surface area (Å²) in [5.41, 5.74) is 2.52. The zero-order valence-corrected chi connectivity index (χ0v) is 33.3. The molecular weight excluding hydrogens is 673 g/mol. The smallest absolute Gasteiger partial charge is 0.309 e. The van der Waals surface area contributed by atoms with Crippen LogP contribution >= 0.6 is 0 Å². The van der Waals surface area contributed by atoms with Gasteiger partial charge in [0.1, 0.15) is 5.60 Å². The Bertz CT molecular complexity index is 1540. The molecule has 0 heterocycles. The van der Waals surface area contributed by atoms with Crippen molar-refractivity contribution in [1.29, 1.82) is 0 Å². The number of carbonyl (C=O) groups excluding carboxylic acids is 3. The third kappa shape index (κ3) is 12.3. The maximum Gasteiger partial charge on any atom is 0.309 e. The summed E-state index contributed by atoms with van der Waals surface area (Å²) in [6.45, 7) is 10.3. The molecule has 4 unspecified atom stereocenters. The van der Waals surface area contributed by atoms with Crippen molar-refractivity contribution in [3.05, 3.63) is 108 Å². The molecule has 7 heteroatoms. The van der Waals surface area contributed by atoms with Gasteiger partial charge < -0.3 is 19.7 Å². The van der Waals surface area contributed by atoms with Crippen LogP contribution < -0.4 is 5.32 Å². The molecule has 2 fully saturated rings. The Hall–Kier alpha value is -3.97. The van der Waals surface area contributed by atoms with Crippen molar-refractivity contribution in [3.8, 4) is 0 Å². The highest BCUT2D eigenvalue weighted by atomic mass is 16.6. The molecule has 3 aromatic rings. The third-order valence-electron chi connectivity index (χ3n) is 11.7. The summed E-state index contributed by atoms with van der Waals surface area (Å²) in [5.74, 6) is -0.534. The molecule has 292 valence electrons. The van der Waals surface area contributed by atoms with Crippen LogP contribution in [0.1, 0.15) is 102 Å². The van der Waals surface area contributed by atoms with Crippen LogP contribution in [0, 0.1) is 23.2 Å². The van der Waals surface area contributed by atoms with E-state index in [4.69, 9.17) is 9.47 Å². The van der Waals surface area contributed by atoms with E-state index >= 15 is 0 Å². The summed E-state index contributed by atoms with van der Waals surface area (Å²) >= 11 is 0. The Morgan fingerprint density at radius 3 is 1.85 bits per heavy atom. The molecule has 5 rings (SSSR count). The van der Waals surface area contributed by atoms with Crippen molar-refractivity contribution in [2.45, 2.75) is 116 Å². The van der Waals surface area contributed by atoms with Gasteiger partial charge in [0.2, 0.25) is 5.91 Å². The van der Waals surface area contributed by atoms with Gasteiger partial charge in [0, 0.05) is 25.7 Å². The Labute approximate surface area is 324 Å². The van der Waals surface area contributed by atoms with Crippen molar-refractivity contribution >= 4 is 17.8 Å². The van der Waals surface area contributed by atoms with Crippen LogP contribution in [0.2, 0.25) is 0 Å². The molecule has 2 saturated carbocycles. The standard InChI is InChI=1S/C47H64N2O5/c1-5-53-44(51)42-26-25-41(33-39(42)24-23-36-17-9-6-10-18-36)48-45(52)47(29-15-16-30-47)40(34-43(50)54-46(2,3)4)35-49(31-27-37-19-11-7-12-20-37)32-28-38-21-13-8-14-22-38/h6-14,17-22,39-42H,5,15-16,23-35H2,1-4H3,(H,48,52). The molecule has 1 amide bonds. The largest absolute Gasteiger partial charge is 0.466 e. The molecule has 0 spiro atoms. The Morgan fingerprint density at radius 2 is 1.33 bits per heavy atom. The fourth-order valence-electron chi connectivity index (χ4n) is 8.92. The average Bonchev–Trinajstić information content (AvgIpc) is 3.67. The molecule has 0 saturated heterocycles. The SMILES string of the molecule is CCOC(=O)C1CCC(NC(=O)C2(C(CC(=O)OC(C)(C)C)CN(CCc3ccccc3)CCc3ccccc3)CCCC2)CC1CCc1ccccc1. The van der Waals surface area contributed by atoms with Gasteiger partial charge >= 0.3 is 11.9 Å². The number of nitrogens with zero attached hydrogens (tertiary/aromatic N) is 1. The summed E-state index contributed by atoms with van der Waals surface area (Å²) < 4.78 is 11.5. The number of carbonyl (C=O) groups is 3. The summed E-state index contributed by atoms with van der Waals surface area (Å²) in [6.07, 6.45) is 9.35. The highest BCUT2D eigenvalue weighted by Crippen LogP contribution is 2.47. The average molecular weight is 737 g/mol. The second-order valence-electron chi connectivity index (χ2n) is 16.7. The number of benzene rings is 3. The number of hydrogen-bond acceptors (Lipinski definition) is 6. The van der Waals surface area contributed by atoms with Gasteiger partial charge in [-0.1, -0.05) is 104 Å². The van der Waals surface area contributed by atoms with Crippen LogP contribution in [-0.4, -0.2) is 60.6 Å². The second kappa shape index (κ2) is 20.1. The summed E-state index contributed by atoms with van der Waals surface area (Å²) in [6, 6.07) is 31.5. The molecule has 54 heavy (non-hydrogen) atoms. The minimum atomic E-state index is -0.674. The summed E-state index contributed by atoms with van der Waals surface area (Å²) in [5, 5.41) is 3.55. The number of hydrogen-bond donors (Lipinski definition) is 1. The molecule has 0 aromatic heterocycles. The number of esters is 2. The maximum absolute atomic E-state index is 14.9. The first-order chi connectivity index (χ1) is 26.0. The topological polar surface area (TPSA) is 84.9 Å². The lowest BCUT2D eigenvalue weighted by Gasteiger charge is -2.42. The van der Waals surface area contributed by atoms with Gasteiger partial charge in [-0.3, -0.25) is 14.4 Å². The minimum Gasteiger partial charge on any atom is -0.466 e. The number of rotatable bonds is 18. The predicted octanol–water partition coefficient (Wildman–Crippen LogP) is 8.78. The van der Waals surface area contributed by atoms with Gasteiger partial charge in [-0.15, -0.1) is 0 Å². The van der Waals surface area contributed by atoms with Crippen LogP contribution in [0.3, 0.4) is 0 Å². The van der Waals surface area contributed by atoms with Gasteiger partial charge in [0.05, 0.1) is 24.4 Å². The minimum absolute atomic E-state index is 0.0316. The van der Waals surface area contributed by atoms with Crippen LogP contribution in [0.4, 0.5) is 0 Å². The van der Waals surface area contributed by atoms with Gasteiger partial charge in [-0.25, -0.2) is 0 Å². The quantitative estimate of drug-likeness (QED) is 0.132. The lowest BCUT2D eigenvalue weighted by molar-refractivity contribution is -0.158. The highest BCUT2D eigenvalue weighted by molar-refractivity contribution is 5.84. The van der Waals surface area contributed by atoms with E-state index in [1.54, 1.807) is 0 Å². The molecule has 1 N–H and O–H groups in total. The van der Waals surface area contributed by atoms with E-state index < -0.39 is 11.0 Å². The monoisotopic (exact) mass is 736 g/mol. The van der Waals surface area contributed by atoms with E-state index in [2.05, 4.69) is 83.0 Å². The van der Waals surface area contributed by atoms with Crippen LogP contribution in [-0.2, 0) is 43.1 Å². The number of nitrogens with one attached hydrogen (secondary N) is 1. The lowest BCUT2D eigenvalue weighted by atomic mass is 9.70.